The molecule has 0 saturated heterocycles. The fraction of sp³-hybridized carbons (Fsp3) is 0.273. The van der Waals surface area contributed by atoms with Gasteiger partial charge in [0.15, 0.2) is 0 Å². The van der Waals surface area contributed by atoms with Crippen molar-refractivity contribution in [1.82, 2.24) is 9.97 Å². The highest BCUT2D eigenvalue weighted by Gasteiger charge is 2.05. The van der Waals surface area contributed by atoms with Gasteiger partial charge in [0.1, 0.15) is 0 Å². The summed E-state index contributed by atoms with van der Waals surface area (Å²) in [4.78, 5) is 18.4. The number of aryl methyl sites for hydroxylation is 3. The fourth-order valence-corrected chi connectivity index (χ4v) is 1.65. The number of aromatic nitrogens is 2. The van der Waals surface area contributed by atoms with Crippen LogP contribution in [0.25, 0.3) is 10.9 Å². The van der Waals surface area contributed by atoms with Crippen LogP contribution >= 0.6 is 0 Å². The van der Waals surface area contributed by atoms with Gasteiger partial charge in [0.25, 0.3) is 0 Å². The second-order valence-electron chi connectivity index (χ2n) is 3.52. The molecule has 0 spiro atoms. The summed E-state index contributed by atoms with van der Waals surface area (Å²) in [5, 5.41) is 1.02. The maximum absolute atomic E-state index is 11.2. The number of nitrogens with one attached hydrogen (secondary N) is 1. The Morgan fingerprint density at radius 2 is 1.86 bits per heavy atom. The van der Waals surface area contributed by atoms with Gasteiger partial charge in [-0.2, -0.15) is 0 Å². The first-order valence-electron chi connectivity index (χ1n) is 4.56. The van der Waals surface area contributed by atoms with Crippen molar-refractivity contribution in [1.29, 1.82) is 0 Å². The van der Waals surface area contributed by atoms with E-state index in [0.717, 1.165) is 27.9 Å². The van der Waals surface area contributed by atoms with Crippen LogP contribution in [0.5, 0.6) is 0 Å². The largest absolute Gasteiger partial charge is 0.322 e. The molecular formula is C11H12N2O. The number of H-pyrrole nitrogens is 1. The second kappa shape index (κ2) is 2.94. The Balaban J connectivity index is 3.02. The van der Waals surface area contributed by atoms with E-state index in [1.807, 2.05) is 26.8 Å². The van der Waals surface area contributed by atoms with E-state index in [1.54, 1.807) is 0 Å². The van der Waals surface area contributed by atoms with E-state index in [2.05, 4.69) is 9.97 Å². The third kappa shape index (κ3) is 1.21. The quantitative estimate of drug-likeness (QED) is 0.685. The molecule has 14 heavy (non-hydrogen) atoms. The van der Waals surface area contributed by atoms with E-state index in [9.17, 15) is 4.79 Å². The Kier molecular flexibility index (Phi) is 1.88. The summed E-state index contributed by atoms with van der Waals surface area (Å²) in [5.41, 5.74) is 3.81. The van der Waals surface area contributed by atoms with Gasteiger partial charge >= 0.3 is 0 Å². The maximum Gasteiger partial charge on any atom is 0.248 e. The molecule has 0 aliphatic carbocycles. The van der Waals surface area contributed by atoms with Crippen LogP contribution in [0.15, 0.2) is 16.9 Å². The van der Waals surface area contributed by atoms with Crippen LogP contribution in [-0.2, 0) is 0 Å². The highest BCUT2D eigenvalue weighted by molar-refractivity contribution is 5.83. The van der Waals surface area contributed by atoms with Crippen molar-refractivity contribution in [3.63, 3.8) is 0 Å². The first-order valence-corrected chi connectivity index (χ1v) is 4.56. The summed E-state index contributed by atoms with van der Waals surface area (Å²) in [7, 11) is 0. The van der Waals surface area contributed by atoms with Crippen LogP contribution in [0.4, 0.5) is 0 Å². The SMILES string of the molecule is Cc1nc(C)c2ccc(=O)[nH]c2c1C. The van der Waals surface area contributed by atoms with E-state index in [1.165, 1.54) is 6.07 Å². The van der Waals surface area contributed by atoms with Gasteiger partial charge in [-0.15, -0.1) is 0 Å². The summed E-state index contributed by atoms with van der Waals surface area (Å²) in [5.74, 6) is 0. The number of nitrogens with zero attached hydrogens (tertiary/aromatic N) is 1. The van der Waals surface area contributed by atoms with E-state index < -0.39 is 0 Å². The minimum Gasteiger partial charge on any atom is -0.322 e. The lowest BCUT2D eigenvalue weighted by atomic mass is 10.1. The summed E-state index contributed by atoms with van der Waals surface area (Å²) >= 11 is 0. The zero-order valence-corrected chi connectivity index (χ0v) is 8.51. The molecule has 0 saturated carbocycles. The predicted molar refractivity (Wildman–Crippen MR) is 56.6 cm³/mol. The molecule has 0 aliphatic rings. The van der Waals surface area contributed by atoms with Crippen molar-refractivity contribution in [3.05, 3.63) is 39.4 Å². The Morgan fingerprint density at radius 1 is 1.14 bits per heavy atom. The lowest BCUT2D eigenvalue weighted by Crippen LogP contribution is -2.05. The van der Waals surface area contributed by atoms with E-state index in [0.29, 0.717) is 0 Å². The highest BCUT2D eigenvalue weighted by Crippen LogP contribution is 2.18. The lowest BCUT2D eigenvalue weighted by Gasteiger charge is -2.07. The van der Waals surface area contributed by atoms with Gasteiger partial charge in [-0.25, -0.2) is 0 Å². The minimum atomic E-state index is -0.0643. The first kappa shape index (κ1) is 8.94. The van der Waals surface area contributed by atoms with Crippen molar-refractivity contribution in [3.8, 4) is 0 Å². The average Bonchev–Trinajstić information content (AvgIpc) is 2.14. The third-order valence-corrected chi connectivity index (χ3v) is 2.56. The van der Waals surface area contributed by atoms with Crippen molar-refractivity contribution in [2.24, 2.45) is 0 Å². The zero-order valence-electron chi connectivity index (χ0n) is 8.51. The smallest absolute Gasteiger partial charge is 0.248 e. The molecule has 3 nitrogen and oxygen atoms in total. The molecule has 2 aromatic rings. The van der Waals surface area contributed by atoms with Crippen molar-refractivity contribution >= 4 is 10.9 Å². The van der Waals surface area contributed by atoms with Gasteiger partial charge in [0.2, 0.25) is 5.56 Å². The molecule has 2 rings (SSSR count). The number of aromatic amines is 1. The number of pyridine rings is 2. The summed E-state index contributed by atoms with van der Waals surface area (Å²) in [6.07, 6.45) is 0. The first-order chi connectivity index (χ1) is 6.59. The maximum atomic E-state index is 11.2. The molecule has 0 aliphatic heterocycles. The molecular weight excluding hydrogens is 176 g/mol. The number of rotatable bonds is 0. The second-order valence-corrected chi connectivity index (χ2v) is 3.52. The molecule has 0 fully saturated rings. The Labute approximate surface area is 81.8 Å². The van der Waals surface area contributed by atoms with Crippen LogP contribution in [0.2, 0.25) is 0 Å². The van der Waals surface area contributed by atoms with Gasteiger partial charge in [0, 0.05) is 22.8 Å². The van der Waals surface area contributed by atoms with Crippen molar-refractivity contribution < 1.29 is 0 Å². The molecule has 0 aromatic carbocycles. The normalized spacial score (nSPS) is 10.8. The predicted octanol–water partition coefficient (Wildman–Crippen LogP) is 1.85. The number of hydrogen-bond donors (Lipinski definition) is 1. The molecule has 2 aromatic heterocycles. The van der Waals surface area contributed by atoms with Crippen molar-refractivity contribution in [2.75, 3.05) is 0 Å². The Bertz CT molecular complexity index is 555. The minimum absolute atomic E-state index is 0.0643. The van der Waals surface area contributed by atoms with Crippen LogP contribution in [-0.4, -0.2) is 9.97 Å². The molecule has 0 bridgehead atoms. The number of fused-ring (bicyclic) bond motifs is 1. The molecule has 0 radical (unpaired) electrons. The molecule has 0 atom stereocenters. The molecule has 0 unspecified atom stereocenters. The highest BCUT2D eigenvalue weighted by atomic mass is 16.1. The number of hydrogen-bond acceptors (Lipinski definition) is 2. The lowest BCUT2D eigenvalue weighted by molar-refractivity contribution is 1.10. The molecule has 1 N–H and O–H groups in total. The van der Waals surface area contributed by atoms with Gasteiger partial charge in [0.05, 0.1) is 5.52 Å². The summed E-state index contributed by atoms with van der Waals surface area (Å²) in [6, 6.07) is 3.36. The van der Waals surface area contributed by atoms with E-state index in [-0.39, 0.29) is 5.56 Å². The Hall–Kier alpha value is -1.64. The fourth-order valence-electron chi connectivity index (χ4n) is 1.65. The summed E-state index contributed by atoms with van der Waals surface area (Å²) < 4.78 is 0. The van der Waals surface area contributed by atoms with Gasteiger partial charge in [-0.1, -0.05) is 0 Å². The monoisotopic (exact) mass is 188 g/mol. The van der Waals surface area contributed by atoms with Crippen molar-refractivity contribution in [2.45, 2.75) is 20.8 Å². The van der Waals surface area contributed by atoms with Gasteiger partial charge < -0.3 is 4.98 Å². The van der Waals surface area contributed by atoms with E-state index in [4.69, 9.17) is 0 Å². The zero-order chi connectivity index (χ0) is 10.3. The molecule has 72 valence electrons. The van der Waals surface area contributed by atoms with E-state index >= 15 is 0 Å². The molecule has 2 heterocycles. The molecule has 3 heteroatoms. The third-order valence-electron chi connectivity index (χ3n) is 2.56. The molecule has 0 amide bonds. The van der Waals surface area contributed by atoms with Gasteiger partial charge in [-0.3, -0.25) is 9.78 Å². The van der Waals surface area contributed by atoms with Crippen LogP contribution in [0.1, 0.15) is 17.0 Å². The standard InChI is InChI=1S/C11H12N2O/c1-6-7(2)12-8(3)9-4-5-10(14)13-11(6)9/h4-5H,1-3H3,(H,13,14). The average molecular weight is 188 g/mol. The summed E-state index contributed by atoms with van der Waals surface area (Å²) in [6.45, 7) is 5.88. The topological polar surface area (TPSA) is 45.8 Å². The van der Waals surface area contributed by atoms with Crippen LogP contribution < -0.4 is 5.56 Å². The Morgan fingerprint density at radius 3 is 2.57 bits per heavy atom. The van der Waals surface area contributed by atoms with Crippen LogP contribution in [0, 0.1) is 20.8 Å². The van der Waals surface area contributed by atoms with Crippen LogP contribution in [0.3, 0.4) is 0 Å². The van der Waals surface area contributed by atoms with Gasteiger partial charge in [-0.05, 0) is 32.4 Å².